The van der Waals surface area contributed by atoms with Crippen LogP contribution in [0.5, 0.6) is 11.5 Å². The number of carboxylic acid groups (broad SMARTS) is 1. The van der Waals surface area contributed by atoms with Crippen LogP contribution in [0.4, 0.5) is 0 Å². The van der Waals surface area contributed by atoms with Gasteiger partial charge in [-0.05, 0) is 49.8 Å². The van der Waals surface area contributed by atoms with Gasteiger partial charge >= 0.3 is 13.1 Å². The third-order valence-electron chi connectivity index (χ3n) is 5.45. The monoisotopic (exact) mass is 374 g/mol. The summed E-state index contributed by atoms with van der Waals surface area (Å²) in [5.74, 6) is -0.233. The average Bonchev–Trinajstić information content (AvgIpc) is 3.09. The lowest BCUT2D eigenvalue weighted by atomic mass is 9.78. The molecule has 4 rings (SSSR count). The van der Waals surface area contributed by atoms with E-state index in [-0.39, 0.29) is 29.1 Å². The molecule has 0 aliphatic carbocycles. The lowest BCUT2D eigenvalue weighted by molar-refractivity contribution is -0.140. The van der Waals surface area contributed by atoms with Gasteiger partial charge in [0.2, 0.25) is 5.91 Å². The van der Waals surface area contributed by atoms with Crippen LogP contribution in [0, 0.1) is 5.92 Å². The van der Waals surface area contributed by atoms with Gasteiger partial charge in [-0.2, -0.15) is 0 Å². The van der Waals surface area contributed by atoms with E-state index in [1.165, 1.54) is 0 Å². The molecule has 2 fully saturated rings. The highest BCUT2D eigenvalue weighted by molar-refractivity contribution is 6.44. The number of hydrogen-bond acceptors (Lipinski definition) is 6. The zero-order valence-electron chi connectivity index (χ0n) is 15.0. The summed E-state index contributed by atoms with van der Waals surface area (Å²) in [6.07, 6.45) is 2.33. The maximum absolute atomic E-state index is 12.3. The van der Waals surface area contributed by atoms with Gasteiger partial charge in [-0.15, -0.1) is 0 Å². The Bertz CT molecular complexity index is 746. The minimum absolute atomic E-state index is 0.0620. The molecule has 0 bridgehead atoms. The Morgan fingerprint density at radius 1 is 1.37 bits per heavy atom. The van der Waals surface area contributed by atoms with Gasteiger partial charge in [0.1, 0.15) is 23.2 Å². The fourth-order valence-corrected chi connectivity index (χ4v) is 3.87. The fourth-order valence-electron chi connectivity index (χ4n) is 3.87. The van der Waals surface area contributed by atoms with E-state index in [4.69, 9.17) is 9.39 Å². The van der Waals surface area contributed by atoms with Gasteiger partial charge < -0.3 is 29.7 Å². The minimum Gasteiger partial charge on any atom is -0.535 e. The zero-order valence-corrected chi connectivity index (χ0v) is 15.0. The van der Waals surface area contributed by atoms with Crippen molar-refractivity contribution in [3.8, 4) is 11.5 Å². The lowest BCUT2D eigenvalue weighted by Gasteiger charge is -2.39. The van der Waals surface area contributed by atoms with Crippen LogP contribution in [0.1, 0.15) is 28.8 Å². The van der Waals surface area contributed by atoms with Crippen LogP contribution in [0.15, 0.2) is 12.1 Å². The maximum Gasteiger partial charge on any atom is 0.522 e. The van der Waals surface area contributed by atoms with Crippen molar-refractivity contribution in [3.63, 3.8) is 0 Å². The lowest BCUT2D eigenvalue weighted by Crippen LogP contribution is -2.56. The number of aromatic carboxylic acids is 1. The van der Waals surface area contributed by atoms with Gasteiger partial charge in [0.25, 0.3) is 0 Å². The van der Waals surface area contributed by atoms with Crippen LogP contribution in [0.3, 0.4) is 0 Å². The molecular weight excluding hydrogens is 351 g/mol. The van der Waals surface area contributed by atoms with Crippen molar-refractivity contribution >= 4 is 19.0 Å². The standard InChI is InChI=1S/C18H23BN2O6/c22-15(7-11-4-6-20-8-11)21-9-13(10-21)26-14-2-1-12-3-5-19(25)27-17(12)16(14)18(23)24/h1-2,11,13,20,25H,3-10H2,(H,23,24). The molecule has 3 N–H and O–H groups in total. The molecule has 3 aliphatic rings. The summed E-state index contributed by atoms with van der Waals surface area (Å²) in [5.41, 5.74) is 0.689. The first-order valence-electron chi connectivity index (χ1n) is 9.40. The number of aryl methyl sites for hydroxylation is 1. The molecule has 1 aromatic carbocycles. The number of benzene rings is 1. The highest BCUT2D eigenvalue weighted by Gasteiger charge is 2.36. The number of carbonyl (C=O) groups excluding carboxylic acids is 1. The molecule has 144 valence electrons. The Labute approximate surface area is 157 Å². The number of fused-ring (bicyclic) bond motifs is 1. The van der Waals surface area contributed by atoms with Crippen LogP contribution in [0.25, 0.3) is 0 Å². The van der Waals surface area contributed by atoms with E-state index in [1.54, 1.807) is 17.0 Å². The summed E-state index contributed by atoms with van der Waals surface area (Å²) >= 11 is 0. The number of nitrogens with zero attached hydrogens (tertiary/aromatic N) is 1. The Morgan fingerprint density at radius 3 is 2.89 bits per heavy atom. The minimum atomic E-state index is -1.16. The second kappa shape index (κ2) is 7.40. The molecule has 0 aromatic heterocycles. The van der Waals surface area contributed by atoms with Gasteiger partial charge in [-0.1, -0.05) is 6.07 Å². The van der Waals surface area contributed by atoms with Crippen molar-refractivity contribution in [2.75, 3.05) is 26.2 Å². The molecule has 2 saturated heterocycles. The number of nitrogens with one attached hydrogen (secondary N) is 1. The second-order valence-corrected chi connectivity index (χ2v) is 7.44. The van der Waals surface area contributed by atoms with Crippen LogP contribution >= 0.6 is 0 Å². The largest absolute Gasteiger partial charge is 0.535 e. The first-order valence-corrected chi connectivity index (χ1v) is 9.40. The summed E-state index contributed by atoms with van der Waals surface area (Å²) in [5, 5.41) is 22.6. The molecule has 8 nitrogen and oxygen atoms in total. The molecule has 9 heteroatoms. The molecule has 1 unspecified atom stereocenters. The number of amides is 1. The predicted octanol–water partition coefficient (Wildman–Crippen LogP) is 0.389. The summed E-state index contributed by atoms with van der Waals surface area (Å²) in [6.45, 7) is 2.77. The van der Waals surface area contributed by atoms with E-state index in [1.807, 2.05) is 0 Å². The number of likely N-dealkylation sites (tertiary alicyclic amines) is 1. The van der Waals surface area contributed by atoms with Crippen molar-refractivity contribution in [1.82, 2.24) is 10.2 Å². The predicted molar refractivity (Wildman–Crippen MR) is 97.1 cm³/mol. The topological polar surface area (TPSA) is 108 Å². The number of carbonyl (C=O) groups is 2. The first-order chi connectivity index (χ1) is 13.0. The molecule has 0 radical (unpaired) electrons. The first kappa shape index (κ1) is 18.1. The van der Waals surface area contributed by atoms with Crippen molar-refractivity contribution < 1.29 is 29.1 Å². The van der Waals surface area contributed by atoms with E-state index in [9.17, 15) is 19.7 Å². The van der Waals surface area contributed by atoms with Crippen molar-refractivity contribution in [2.45, 2.75) is 31.7 Å². The zero-order chi connectivity index (χ0) is 19.0. The Hall–Kier alpha value is -2.26. The normalized spacial score (nSPS) is 22.0. The number of carboxylic acids is 1. The maximum atomic E-state index is 12.3. The molecular formula is C18H23BN2O6. The molecule has 3 heterocycles. The van der Waals surface area contributed by atoms with Gasteiger partial charge in [0, 0.05) is 6.42 Å². The van der Waals surface area contributed by atoms with Gasteiger partial charge in [-0.3, -0.25) is 4.79 Å². The Balaban J connectivity index is 1.40. The van der Waals surface area contributed by atoms with Crippen molar-refractivity contribution in [2.24, 2.45) is 5.92 Å². The quantitative estimate of drug-likeness (QED) is 0.640. The molecule has 1 amide bonds. The Kier molecular flexibility index (Phi) is 4.97. The summed E-state index contributed by atoms with van der Waals surface area (Å²) in [4.78, 5) is 25.8. The summed E-state index contributed by atoms with van der Waals surface area (Å²) in [6, 6.07) is 3.41. The molecule has 1 aromatic rings. The molecule has 1 atom stereocenters. The SMILES string of the molecule is O=C(O)c1c(OC2CN(C(=O)CC3CCNC3)C2)ccc2c1OB(O)CC2. The van der Waals surface area contributed by atoms with E-state index in [0.29, 0.717) is 38.2 Å². The third kappa shape index (κ3) is 3.75. The van der Waals surface area contributed by atoms with Crippen molar-refractivity contribution in [1.29, 1.82) is 0 Å². The van der Waals surface area contributed by atoms with E-state index < -0.39 is 13.1 Å². The van der Waals surface area contributed by atoms with Gasteiger partial charge in [0.05, 0.1) is 13.1 Å². The van der Waals surface area contributed by atoms with E-state index in [2.05, 4.69) is 5.32 Å². The number of hydrogen-bond donors (Lipinski definition) is 3. The second-order valence-electron chi connectivity index (χ2n) is 7.44. The molecule has 3 aliphatic heterocycles. The number of rotatable bonds is 5. The highest BCUT2D eigenvalue weighted by Crippen LogP contribution is 2.37. The average molecular weight is 374 g/mol. The van der Waals surface area contributed by atoms with Gasteiger partial charge in [0.15, 0.2) is 0 Å². The highest BCUT2D eigenvalue weighted by atomic mass is 16.5. The number of ether oxygens (including phenoxy) is 1. The van der Waals surface area contributed by atoms with Crippen LogP contribution in [-0.4, -0.2) is 66.3 Å². The van der Waals surface area contributed by atoms with Crippen LogP contribution in [0.2, 0.25) is 6.32 Å². The summed E-state index contributed by atoms with van der Waals surface area (Å²) in [7, 11) is -1.01. The fraction of sp³-hybridized carbons (Fsp3) is 0.556. The molecule has 0 saturated carbocycles. The van der Waals surface area contributed by atoms with E-state index >= 15 is 0 Å². The van der Waals surface area contributed by atoms with E-state index in [0.717, 1.165) is 25.1 Å². The molecule has 0 spiro atoms. The summed E-state index contributed by atoms with van der Waals surface area (Å²) < 4.78 is 11.2. The van der Waals surface area contributed by atoms with Crippen molar-refractivity contribution in [3.05, 3.63) is 23.3 Å². The Morgan fingerprint density at radius 2 is 2.19 bits per heavy atom. The third-order valence-corrected chi connectivity index (χ3v) is 5.45. The van der Waals surface area contributed by atoms with Crippen LogP contribution in [-0.2, 0) is 11.2 Å². The smallest absolute Gasteiger partial charge is 0.522 e. The molecule has 27 heavy (non-hydrogen) atoms. The van der Waals surface area contributed by atoms with Gasteiger partial charge in [-0.25, -0.2) is 4.79 Å². The van der Waals surface area contributed by atoms with Crippen LogP contribution < -0.4 is 14.7 Å².